The maximum atomic E-state index is 12.4. The Balaban J connectivity index is 1.97. The van der Waals surface area contributed by atoms with Gasteiger partial charge in [-0.05, 0) is 26.3 Å². The number of hydrogen-bond donors (Lipinski definition) is 1. The highest BCUT2D eigenvalue weighted by Crippen LogP contribution is 2.18. The van der Waals surface area contributed by atoms with Crippen molar-refractivity contribution in [2.45, 2.75) is 45.1 Å². The summed E-state index contributed by atoms with van der Waals surface area (Å²) in [5.41, 5.74) is 0.357. The molecule has 1 heterocycles. The predicted octanol–water partition coefficient (Wildman–Crippen LogP) is 2.29. The largest absolute Gasteiger partial charge is 0.479 e. The fourth-order valence-corrected chi connectivity index (χ4v) is 2.42. The number of carboxylic acids is 1. The zero-order valence-corrected chi connectivity index (χ0v) is 14.8. The lowest BCUT2D eigenvalue weighted by Gasteiger charge is -2.38. The van der Waals surface area contributed by atoms with E-state index in [2.05, 4.69) is 0 Å². The van der Waals surface area contributed by atoms with Crippen LogP contribution < -0.4 is 0 Å². The Kier molecular flexibility index (Phi) is 6.39. The maximum absolute atomic E-state index is 12.4. The van der Waals surface area contributed by atoms with Gasteiger partial charge in [0.2, 0.25) is 0 Å². The number of carbonyl (C=O) groups excluding carboxylic acids is 1. The molecule has 0 aromatic heterocycles. The number of morpholine rings is 1. The van der Waals surface area contributed by atoms with Gasteiger partial charge in [0.25, 0.3) is 0 Å². The van der Waals surface area contributed by atoms with Crippen LogP contribution in [0.3, 0.4) is 0 Å². The smallest absolute Gasteiger partial charge is 0.410 e. The molecule has 0 bridgehead atoms. The van der Waals surface area contributed by atoms with Crippen LogP contribution in [0.25, 0.3) is 0 Å². The van der Waals surface area contributed by atoms with Gasteiger partial charge in [0.05, 0.1) is 32.4 Å². The van der Waals surface area contributed by atoms with E-state index >= 15 is 0 Å². The summed E-state index contributed by atoms with van der Waals surface area (Å²) >= 11 is 0. The highest BCUT2D eigenvalue weighted by atomic mass is 16.6. The second-order valence-corrected chi connectivity index (χ2v) is 6.95. The predicted molar refractivity (Wildman–Crippen MR) is 90.2 cm³/mol. The first kappa shape index (κ1) is 19.2. The van der Waals surface area contributed by atoms with E-state index in [9.17, 15) is 9.59 Å². The number of carboxylic acid groups (broad SMARTS) is 1. The van der Waals surface area contributed by atoms with Crippen molar-refractivity contribution in [2.75, 3.05) is 19.8 Å². The summed E-state index contributed by atoms with van der Waals surface area (Å²) < 4.78 is 16.4. The minimum atomic E-state index is -1.10. The lowest BCUT2D eigenvalue weighted by molar-refractivity contribution is -0.160. The summed E-state index contributed by atoms with van der Waals surface area (Å²) in [7, 11) is 0. The molecule has 1 aliphatic heterocycles. The molecule has 7 heteroatoms. The minimum absolute atomic E-state index is 0.0659. The first-order valence-electron chi connectivity index (χ1n) is 8.22. The number of carbonyl (C=O) groups is 2. The quantitative estimate of drug-likeness (QED) is 0.876. The molecule has 7 nitrogen and oxygen atoms in total. The van der Waals surface area contributed by atoms with E-state index in [1.54, 1.807) is 20.8 Å². The molecule has 0 unspecified atom stereocenters. The minimum Gasteiger partial charge on any atom is -0.479 e. The number of nitrogens with zero attached hydrogens (tertiary/aromatic N) is 1. The summed E-state index contributed by atoms with van der Waals surface area (Å²) in [5, 5.41) is 9.15. The topological polar surface area (TPSA) is 85.3 Å². The summed E-state index contributed by atoms with van der Waals surface area (Å²) in [4.78, 5) is 25.0. The van der Waals surface area contributed by atoms with E-state index < -0.39 is 29.8 Å². The molecule has 2 rings (SSSR count). The van der Waals surface area contributed by atoms with Gasteiger partial charge in [-0.25, -0.2) is 9.59 Å². The maximum Gasteiger partial charge on any atom is 0.410 e. The van der Waals surface area contributed by atoms with Gasteiger partial charge in [0.15, 0.2) is 6.10 Å². The molecule has 1 aliphatic rings. The van der Waals surface area contributed by atoms with E-state index in [1.807, 2.05) is 30.3 Å². The molecule has 0 radical (unpaired) electrons. The number of hydrogen-bond acceptors (Lipinski definition) is 5. The van der Waals surface area contributed by atoms with Crippen molar-refractivity contribution in [3.63, 3.8) is 0 Å². The zero-order valence-electron chi connectivity index (χ0n) is 14.8. The molecule has 2 atom stereocenters. The molecule has 1 aromatic rings. The van der Waals surface area contributed by atoms with Crippen LogP contribution in [0.2, 0.25) is 0 Å². The fraction of sp³-hybridized carbons (Fsp3) is 0.556. The highest BCUT2D eigenvalue weighted by molar-refractivity contribution is 5.75. The molecule has 0 saturated carbocycles. The van der Waals surface area contributed by atoms with Crippen LogP contribution in [-0.4, -0.2) is 59.6 Å². The summed E-state index contributed by atoms with van der Waals surface area (Å²) in [6.45, 7) is 5.96. The number of benzene rings is 1. The standard InChI is InChI=1S/C18H25NO6/c1-18(2,3)25-17(22)19-9-15(16(20)21)24-12-14(19)11-23-10-13-7-5-4-6-8-13/h4-8,14-15H,9-12H2,1-3H3,(H,20,21)/t14-,15+/m0/s1. The van der Waals surface area contributed by atoms with Crippen molar-refractivity contribution in [3.05, 3.63) is 35.9 Å². The summed E-state index contributed by atoms with van der Waals surface area (Å²) in [6.07, 6.45) is -1.62. The molecule has 138 valence electrons. The Labute approximate surface area is 147 Å². The molecule has 1 fully saturated rings. The zero-order chi connectivity index (χ0) is 18.4. The van der Waals surface area contributed by atoms with Crippen molar-refractivity contribution < 1.29 is 28.9 Å². The van der Waals surface area contributed by atoms with E-state index in [-0.39, 0.29) is 19.8 Å². The Morgan fingerprint density at radius 1 is 1.28 bits per heavy atom. The van der Waals surface area contributed by atoms with Crippen molar-refractivity contribution in [2.24, 2.45) is 0 Å². The van der Waals surface area contributed by atoms with Crippen LogP contribution in [0.5, 0.6) is 0 Å². The van der Waals surface area contributed by atoms with Crippen molar-refractivity contribution >= 4 is 12.1 Å². The summed E-state index contributed by atoms with van der Waals surface area (Å²) in [5.74, 6) is -1.10. The van der Waals surface area contributed by atoms with E-state index in [0.717, 1.165) is 5.56 Å². The Bertz CT molecular complexity index is 583. The third kappa shape index (κ3) is 6.03. The van der Waals surface area contributed by atoms with E-state index in [1.165, 1.54) is 4.90 Å². The fourth-order valence-electron chi connectivity index (χ4n) is 2.42. The van der Waals surface area contributed by atoms with Gasteiger partial charge in [-0.3, -0.25) is 4.90 Å². The number of ether oxygens (including phenoxy) is 3. The lowest BCUT2D eigenvalue weighted by atomic mass is 10.2. The average molecular weight is 351 g/mol. The first-order valence-corrected chi connectivity index (χ1v) is 8.22. The van der Waals surface area contributed by atoms with Gasteiger partial charge in [0.1, 0.15) is 5.60 Å². The second kappa shape index (κ2) is 8.31. The molecule has 0 aliphatic carbocycles. The molecule has 1 saturated heterocycles. The second-order valence-electron chi connectivity index (χ2n) is 6.95. The van der Waals surface area contributed by atoms with Crippen LogP contribution in [0.4, 0.5) is 4.79 Å². The van der Waals surface area contributed by atoms with Crippen molar-refractivity contribution in [3.8, 4) is 0 Å². The van der Waals surface area contributed by atoms with Crippen LogP contribution in [0.15, 0.2) is 30.3 Å². The van der Waals surface area contributed by atoms with Crippen molar-refractivity contribution in [1.82, 2.24) is 4.90 Å². The van der Waals surface area contributed by atoms with Crippen LogP contribution in [-0.2, 0) is 25.6 Å². The third-order valence-corrected chi connectivity index (χ3v) is 3.62. The average Bonchev–Trinajstić information content (AvgIpc) is 2.54. The number of amides is 1. The third-order valence-electron chi connectivity index (χ3n) is 3.62. The van der Waals surface area contributed by atoms with Gasteiger partial charge >= 0.3 is 12.1 Å². The molecule has 1 aromatic carbocycles. The van der Waals surface area contributed by atoms with Crippen LogP contribution >= 0.6 is 0 Å². The Hall–Kier alpha value is -2.12. The Morgan fingerprint density at radius 3 is 2.56 bits per heavy atom. The van der Waals surface area contributed by atoms with Gasteiger partial charge < -0.3 is 19.3 Å². The van der Waals surface area contributed by atoms with E-state index in [4.69, 9.17) is 19.3 Å². The van der Waals surface area contributed by atoms with Gasteiger partial charge in [-0.1, -0.05) is 30.3 Å². The molecule has 0 spiro atoms. The Morgan fingerprint density at radius 2 is 1.96 bits per heavy atom. The van der Waals surface area contributed by atoms with Gasteiger partial charge in [-0.15, -0.1) is 0 Å². The first-order chi connectivity index (χ1) is 11.8. The van der Waals surface area contributed by atoms with Crippen molar-refractivity contribution in [1.29, 1.82) is 0 Å². The van der Waals surface area contributed by atoms with Gasteiger partial charge in [0, 0.05) is 0 Å². The molecule has 1 N–H and O–H groups in total. The van der Waals surface area contributed by atoms with Crippen LogP contribution in [0.1, 0.15) is 26.3 Å². The normalized spacial score (nSPS) is 21.0. The molecule has 1 amide bonds. The molecular formula is C18H25NO6. The molecular weight excluding hydrogens is 326 g/mol. The lowest BCUT2D eigenvalue weighted by Crippen LogP contribution is -2.56. The summed E-state index contributed by atoms with van der Waals surface area (Å²) in [6, 6.07) is 9.27. The molecule has 25 heavy (non-hydrogen) atoms. The SMILES string of the molecule is CC(C)(C)OC(=O)N1C[C@H](C(=O)O)OC[C@@H]1COCc1ccccc1. The monoisotopic (exact) mass is 351 g/mol. The highest BCUT2D eigenvalue weighted by Gasteiger charge is 2.37. The van der Waals surface area contributed by atoms with E-state index in [0.29, 0.717) is 6.61 Å². The van der Waals surface area contributed by atoms with Crippen LogP contribution in [0, 0.1) is 0 Å². The number of rotatable bonds is 5. The number of aliphatic carboxylic acids is 1. The van der Waals surface area contributed by atoms with Gasteiger partial charge in [-0.2, -0.15) is 0 Å².